The summed E-state index contributed by atoms with van der Waals surface area (Å²) in [6, 6.07) is 6.01. The van der Waals surface area contributed by atoms with Gasteiger partial charge in [-0.2, -0.15) is 0 Å². The van der Waals surface area contributed by atoms with Crippen molar-refractivity contribution in [1.29, 1.82) is 0 Å². The lowest BCUT2D eigenvalue weighted by molar-refractivity contribution is 1.51. The topological polar surface area (TPSA) is 0 Å². The molecule has 0 N–H and O–H groups in total. The molecule has 0 saturated heterocycles. The van der Waals surface area contributed by atoms with Gasteiger partial charge in [-0.05, 0) is 62.3 Å². The second-order valence-corrected chi connectivity index (χ2v) is 3.82. The van der Waals surface area contributed by atoms with Crippen molar-refractivity contribution >= 4 is 38.5 Å². The van der Waals surface area contributed by atoms with Crippen LogP contribution < -0.4 is 0 Å². The van der Waals surface area contributed by atoms with E-state index in [4.69, 9.17) is 0 Å². The maximum Gasteiger partial charge on any atom is 0.0315 e. The standard InChI is InChI=1S/C8H5BrI/c1-2-6-3-4-8(10)7(9)5-6/h3-5H,1H2. The first-order valence-corrected chi connectivity index (χ1v) is 4.59. The minimum atomic E-state index is 1.02. The van der Waals surface area contributed by atoms with Gasteiger partial charge >= 0.3 is 0 Å². The molecular formula is C8H5BrI. The van der Waals surface area contributed by atoms with Gasteiger partial charge in [-0.25, -0.2) is 0 Å². The van der Waals surface area contributed by atoms with Crippen molar-refractivity contribution in [2.24, 2.45) is 0 Å². The molecule has 1 aromatic rings. The summed E-state index contributed by atoms with van der Waals surface area (Å²) in [6.07, 6.45) is 2.81. The first kappa shape index (κ1) is 8.27. The van der Waals surface area contributed by atoms with Crippen molar-refractivity contribution in [3.05, 3.63) is 44.5 Å². The molecule has 0 aromatic heterocycles. The zero-order valence-electron chi connectivity index (χ0n) is 5.20. The Labute approximate surface area is 82.6 Å². The number of rotatable bonds is 1. The number of hydrogen-bond acceptors (Lipinski definition) is 0. The molecule has 1 aromatic carbocycles. The van der Waals surface area contributed by atoms with Gasteiger partial charge in [0.2, 0.25) is 0 Å². The molecule has 0 nitrogen and oxygen atoms in total. The van der Waals surface area contributed by atoms with Crippen LogP contribution in [0.25, 0.3) is 0 Å². The van der Waals surface area contributed by atoms with Crippen molar-refractivity contribution in [2.45, 2.75) is 0 Å². The quantitative estimate of drug-likeness (QED) is 0.698. The summed E-state index contributed by atoms with van der Waals surface area (Å²) in [5.41, 5.74) is 1.02. The fourth-order valence-corrected chi connectivity index (χ4v) is 1.32. The molecule has 10 heavy (non-hydrogen) atoms. The third-order valence-corrected chi connectivity index (χ3v) is 3.46. The summed E-state index contributed by atoms with van der Waals surface area (Å²) < 4.78 is 2.30. The van der Waals surface area contributed by atoms with E-state index < -0.39 is 0 Å². The van der Waals surface area contributed by atoms with Crippen LogP contribution in [0.3, 0.4) is 0 Å². The van der Waals surface area contributed by atoms with Crippen LogP contribution >= 0.6 is 38.5 Å². The highest BCUT2D eigenvalue weighted by Gasteiger charge is 1.94. The number of hydrogen-bond donors (Lipinski definition) is 0. The van der Waals surface area contributed by atoms with E-state index >= 15 is 0 Å². The van der Waals surface area contributed by atoms with E-state index in [1.807, 2.05) is 18.2 Å². The third kappa shape index (κ3) is 1.83. The average molecular weight is 308 g/mol. The highest BCUT2D eigenvalue weighted by molar-refractivity contribution is 14.1. The fourth-order valence-electron chi connectivity index (χ4n) is 0.606. The van der Waals surface area contributed by atoms with Crippen LogP contribution in [0.1, 0.15) is 5.56 Å². The summed E-state index contributed by atoms with van der Waals surface area (Å²) in [5.74, 6) is 0. The summed E-state index contributed by atoms with van der Waals surface area (Å²) in [7, 11) is 0. The van der Waals surface area contributed by atoms with E-state index in [0.717, 1.165) is 10.0 Å². The van der Waals surface area contributed by atoms with Crippen molar-refractivity contribution < 1.29 is 0 Å². The second-order valence-electron chi connectivity index (χ2n) is 1.81. The molecule has 0 aliphatic carbocycles. The predicted molar refractivity (Wildman–Crippen MR) is 54.8 cm³/mol. The molecule has 0 spiro atoms. The summed E-state index contributed by atoms with van der Waals surface area (Å²) in [6.45, 7) is 3.55. The monoisotopic (exact) mass is 307 g/mol. The van der Waals surface area contributed by atoms with Crippen LogP contribution in [0, 0.1) is 9.65 Å². The van der Waals surface area contributed by atoms with E-state index in [9.17, 15) is 0 Å². The van der Waals surface area contributed by atoms with Gasteiger partial charge in [0.1, 0.15) is 0 Å². The molecule has 0 bridgehead atoms. The van der Waals surface area contributed by atoms with Crippen LogP contribution in [-0.4, -0.2) is 0 Å². The molecule has 51 valence electrons. The Balaban J connectivity index is 3.16. The summed E-state index contributed by atoms with van der Waals surface area (Å²) in [4.78, 5) is 0. The zero-order valence-corrected chi connectivity index (χ0v) is 8.94. The largest absolute Gasteiger partial charge is 0.0906 e. The smallest absolute Gasteiger partial charge is 0.0315 e. The Bertz CT molecular complexity index is 255. The Kier molecular flexibility index (Phi) is 2.92. The van der Waals surface area contributed by atoms with Gasteiger partial charge in [0.05, 0.1) is 0 Å². The maximum atomic E-state index is 3.55. The minimum absolute atomic E-state index is 1.02. The summed E-state index contributed by atoms with van der Waals surface area (Å²) >= 11 is 5.67. The first-order chi connectivity index (χ1) is 4.74. The van der Waals surface area contributed by atoms with Gasteiger partial charge in [0.25, 0.3) is 0 Å². The molecule has 1 radical (unpaired) electrons. The third-order valence-electron chi connectivity index (χ3n) is 1.12. The van der Waals surface area contributed by atoms with Gasteiger partial charge in [0.15, 0.2) is 0 Å². The van der Waals surface area contributed by atoms with E-state index in [-0.39, 0.29) is 0 Å². The molecular weight excluding hydrogens is 303 g/mol. The van der Waals surface area contributed by atoms with E-state index in [1.165, 1.54) is 3.57 Å². The Morgan fingerprint density at radius 2 is 2.20 bits per heavy atom. The molecule has 2 heteroatoms. The van der Waals surface area contributed by atoms with Crippen LogP contribution in [0.4, 0.5) is 0 Å². The lowest BCUT2D eigenvalue weighted by Crippen LogP contribution is -1.76. The van der Waals surface area contributed by atoms with Crippen molar-refractivity contribution in [1.82, 2.24) is 0 Å². The first-order valence-electron chi connectivity index (χ1n) is 2.72. The molecule has 0 amide bonds. The fraction of sp³-hybridized carbons (Fsp3) is 0. The van der Waals surface area contributed by atoms with Crippen LogP contribution in [0.2, 0.25) is 0 Å². The highest BCUT2D eigenvalue weighted by Crippen LogP contribution is 2.19. The summed E-state index contributed by atoms with van der Waals surface area (Å²) in [5, 5.41) is 0. The zero-order chi connectivity index (χ0) is 7.56. The van der Waals surface area contributed by atoms with Gasteiger partial charge in [-0.15, -0.1) is 0 Å². The average Bonchev–Trinajstić information content (AvgIpc) is 1.95. The Hall–Kier alpha value is 0.170. The van der Waals surface area contributed by atoms with E-state index in [1.54, 1.807) is 0 Å². The van der Waals surface area contributed by atoms with Crippen LogP contribution in [-0.2, 0) is 0 Å². The highest BCUT2D eigenvalue weighted by atomic mass is 127. The van der Waals surface area contributed by atoms with E-state index in [2.05, 4.69) is 51.2 Å². The molecule has 0 unspecified atom stereocenters. The minimum Gasteiger partial charge on any atom is -0.0906 e. The second kappa shape index (κ2) is 3.53. The molecule has 0 aliphatic heterocycles. The van der Waals surface area contributed by atoms with Crippen LogP contribution in [0.15, 0.2) is 29.3 Å². The normalized spacial score (nSPS) is 9.40. The van der Waals surface area contributed by atoms with Crippen molar-refractivity contribution in [3.63, 3.8) is 0 Å². The Morgan fingerprint density at radius 3 is 2.70 bits per heavy atom. The molecule has 0 saturated carbocycles. The van der Waals surface area contributed by atoms with Gasteiger partial charge in [-0.1, -0.05) is 12.6 Å². The molecule has 0 fully saturated rings. The molecule has 1 rings (SSSR count). The van der Waals surface area contributed by atoms with Crippen molar-refractivity contribution in [2.75, 3.05) is 0 Å². The molecule has 0 heterocycles. The van der Waals surface area contributed by atoms with Gasteiger partial charge in [-0.3, -0.25) is 0 Å². The SMILES string of the molecule is C=[C]c1ccc(I)c(Br)c1. The lowest BCUT2D eigenvalue weighted by Gasteiger charge is -1.95. The lowest BCUT2D eigenvalue weighted by atomic mass is 10.2. The predicted octanol–water partition coefficient (Wildman–Crippen LogP) is 3.39. The van der Waals surface area contributed by atoms with E-state index in [0.29, 0.717) is 0 Å². The van der Waals surface area contributed by atoms with Gasteiger partial charge in [0, 0.05) is 8.04 Å². The molecule has 0 atom stereocenters. The Morgan fingerprint density at radius 1 is 1.50 bits per heavy atom. The molecule has 0 aliphatic rings. The maximum absolute atomic E-state index is 3.55. The number of benzene rings is 1. The van der Waals surface area contributed by atoms with Gasteiger partial charge < -0.3 is 0 Å². The number of halogens is 2. The van der Waals surface area contributed by atoms with Crippen molar-refractivity contribution in [3.8, 4) is 0 Å². The van der Waals surface area contributed by atoms with Crippen LogP contribution in [0.5, 0.6) is 0 Å².